The summed E-state index contributed by atoms with van der Waals surface area (Å²) in [6.45, 7) is 0.140. The maximum Gasteiger partial charge on any atom is 0.247 e. The number of rotatable bonds is 5. The summed E-state index contributed by atoms with van der Waals surface area (Å²) >= 11 is 0. The standard InChI is InChI=1S/C14H19NO6S/c1-20-10-6-7-12(21-2)13(9-10)22(18,19)15-8-4-3-5-11(15)14(16)17/h6-7,9,11H,3-5,8H2,1-2H3,(H,16,17)/p-1. The highest BCUT2D eigenvalue weighted by molar-refractivity contribution is 7.89. The van der Waals surface area contributed by atoms with Gasteiger partial charge in [0.25, 0.3) is 0 Å². The van der Waals surface area contributed by atoms with Crippen molar-refractivity contribution in [1.29, 1.82) is 0 Å². The lowest BCUT2D eigenvalue weighted by molar-refractivity contribution is -0.311. The van der Waals surface area contributed by atoms with Crippen molar-refractivity contribution < 1.29 is 27.8 Å². The fraction of sp³-hybridized carbons (Fsp3) is 0.500. The number of hydrogen-bond donors (Lipinski definition) is 0. The molecule has 1 aliphatic heterocycles. The highest BCUT2D eigenvalue weighted by Gasteiger charge is 2.36. The first-order chi connectivity index (χ1) is 10.4. The van der Waals surface area contributed by atoms with Crippen LogP contribution in [-0.2, 0) is 14.8 Å². The summed E-state index contributed by atoms with van der Waals surface area (Å²) in [6, 6.07) is 3.22. The first-order valence-corrected chi connectivity index (χ1v) is 8.30. The summed E-state index contributed by atoms with van der Waals surface area (Å²) < 4.78 is 36.8. The van der Waals surface area contributed by atoms with E-state index in [0.717, 1.165) is 4.31 Å². The Kier molecular flexibility index (Phi) is 4.92. The number of carbonyl (C=O) groups is 1. The van der Waals surface area contributed by atoms with Crippen molar-refractivity contribution in [3.05, 3.63) is 18.2 Å². The summed E-state index contributed by atoms with van der Waals surface area (Å²) in [5.41, 5.74) is 0. The van der Waals surface area contributed by atoms with E-state index in [1.807, 2.05) is 0 Å². The second-order valence-electron chi connectivity index (χ2n) is 4.96. The number of carboxylic acid groups (broad SMARTS) is 1. The van der Waals surface area contributed by atoms with Crippen molar-refractivity contribution in [2.24, 2.45) is 0 Å². The monoisotopic (exact) mass is 328 g/mol. The van der Waals surface area contributed by atoms with Gasteiger partial charge < -0.3 is 19.4 Å². The van der Waals surface area contributed by atoms with Crippen LogP contribution in [0.4, 0.5) is 0 Å². The van der Waals surface area contributed by atoms with Crippen LogP contribution in [0.15, 0.2) is 23.1 Å². The van der Waals surface area contributed by atoms with E-state index in [4.69, 9.17) is 9.47 Å². The Hall–Kier alpha value is -1.80. The first-order valence-electron chi connectivity index (χ1n) is 6.86. The molecule has 7 nitrogen and oxygen atoms in total. The molecule has 1 fully saturated rings. The normalized spacial score (nSPS) is 19.6. The average molecular weight is 328 g/mol. The number of methoxy groups -OCH3 is 2. The van der Waals surface area contributed by atoms with Crippen molar-refractivity contribution in [2.45, 2.75) is 30.2 Å². The number of aliphatic carboxylic acids is 1. The van der Waals surface area contributed by atoms with Crippen molar-refractivity contribution >= 4 is 16.0 Å². The van der Waals surface area contributed by atoms with Crippen molar-refractivity contribution in [1.82, 2.24) is 4.31 Å². The number of carbonyl (C=O) groups excluding carboxylic acids is 1. The molecule has 1 aliphatic rings. The molecular weight excluding hydrogens is 310 g/mol. The minimum absolute atomic E-state index is 0.109. The molecule has 8 heteroatoms. The van der Waals surface area contributed by atoms with Gasteiger partial charge in [-0.2, -0.15) is 4.31 Å². The van der Waals surface area contributed by atoms with Crippen LogP contribution in [0.2, 0.25) is 0 Å². The number of sulfonamides is 1. The maximum absolute atomic E-state index is 12.8. The van der Waals surface area contributed by atoms with E-state index in [9.17, 15) is 18.3 Å². The van der Waals surface area contributed by atoms with Crippen LogP contribution in [0.5, 0.6) is 11.5 Å². The van der Waals surface area contributed by atoms with Gasteiger partial charge in [-0.25, -0.2) is 8.42 Å². The molecule has 0 spiro atoms. The minimum atomic E-state index is -4.02. The zero-order valence-electron chi connectivity index (χ0n) is 12.4. The van der Waals surface area contributed by atoms with Crippen molar-refractivity contribution in [3.8, 4) is 11.5 Å². The molecule has 2 rings (SSSR count). The summed E-state index contributed by atoms with van der Waals surface area (Å²) in [6.07, 6.45) is 1.50. The summed E-state index contributed by atoms with van der Waals surface area (Å²) in [7, 11) is -1.25. The zero-order chi connectivity index (χ0) is 16.3. The largest absolute Gasteiger partial charge is 0.548 e. The number of benzene rings is 1. The van der Waals surface area contributed by atoms with E-state index in [0.29, 0.717) is 18.6 Å². The van der Waals surface area contributed by atoms with Crippen LogP contribution in [0.25, 0.3) is 0 Å². The van der Waals surface area contributed by atoms with Crippen LogP contribution in [0.3, 0.4) is 0 Å². The molecule has 22 heavy (non-hydrogen) atoms. The van der Waals surface area contributed by atoms with E-state index in [1.165, 1.54) is 26.4 Å². The second-order valence-corrected chi connectivity index (χ2v) is 6.82. The van der Waals surface area contributed by atoms with E-state index in [-0.39, 0.29) is 23.6 Å². The van der Waals surface area contributed by atoms with E-state index < -0.39 is 22.0 Å². The maximum atomic E-state index is 12.8. The lowest BCUT2D eigenvalue weighted by Crippen LogP contribution is -2.52. The van der Waals surface area contributed by atoms with E-state index in [1.54, 1.807) is 6.07 Å². The number of piperidine rings is 1. The van der Waals surface area contributed by atoms with Crippen molar-refractivity contribution in [2.75, 3.05) is 20.8 Å². The third kappa shape index (κ3) is 3.02. The van der Waals surface area contributed by atoms with Gasteiger partial charge in [-0.1, -0.05) is 6.42 Å². The molecule has 1 heterocycles. The Labute approximate surface area is 129 Å². The molecule has 1 atom stereocenters. The number of carboxylic acids is 1. The van der Waals surface area contributed by atoms with Crippen LogP contribution in [-0.4, -0.2) is 45.5 Å². The Bertz CT molecular complexity index is 657. The number of hydrogen-bond acceptors (Lipinski definition) is 6. The van der Waals surface area contributed by atoms with Gasteiger partial charge in [0.1, 0.15) is 16.4 Å². The highest BCUT2D eigenvalue weighted by Crippen LogP contribution is 2.33. The Morgan fingerprint density at radius 2 is 2.00 bits per heavy atom. The van der Waals surface area contributed by atoms with Gasteiger partial charge in [-0.3, -0.25) is 0 Å². The smallest absolute Gasteiger partial charge is 0.247 e. The Morgan fingerprint density at radius 1 is 1.27 bits per heavy atom. The topological polar surface area (TPSA) is 96.0 Å². The summed E-state index contributed by atoms with van der Waals surface area (Å²) in [4.78, 5) is 11.1. The number of ether oxygens (including phenoxy) is 2. The molecule has 0 radical (unpaired) electrons. The van der Waals surface area contributed by atoms with Gasteiger partial charge in [0, 0.05) is 12.6 Å². The highest BCUT2D eigenvalue weighted by atomic mass is 32.2. The molecule has 0 amide bonds. The molecule has 0 bridgehead atoms. The predicted molar refractivity (Wildman–Crippen MR) is 76.1 cm³/mol. The number of nitrogens with zero attached hydrogens (tertiary/aromatic N) is 1. The van der Waals surface area contributed by atoms with E-state index >= 15 is 0 Å². The predicted octanol–water partition coefficient (Wildman–Crippen LogP) is -0.00310. The Morgan fingerprint density at radius 3 is 2.59 bits per heavy atom. The lowest BCUT2D eigenvalue weighted by atomic mass is 10.1. The summed E-state index contributed by atoms with van der Waals surface area (Å²) in [5.74, 6) is -0.894. The second kappa shape index (κ2) is 6.53. The molecule has 1 saturated heterocycles. The van der Waals surface area contributed by atoms with Crippen LogP contribution >= 0.6 is 0 Å². The van der Waals surface area contributed by atoms with Crippen LogP contribution in [0, 0.1) is 0 Å². The van der Waals surface area contributed by atoms with Gasteiger partial charge in [-0.15, -0.1) is 0 Å². The fourth-order valence-electron chi connectivity index (χ4n) is 2.54. The first kappa shape index (κ1) is 16.6. The molecule has 1 aromatic carbocycles. The molecule has 1 unspecified atom stereocenters. The van der Waals surface area contributed by atoms with Gasteiger partial charge >= 0.3 is 0 Å². The van der Waals surface area contributed by atoms with Gasteiger partial charge in [0.2, 0.25) is 10.0 Å². The molecule has 0 aromatic heterocycles. The van der Waals surface area contributed by atoms with Crippen LogP contribution in [0.1, 0.15) is 19.3 Å². The third-order valence-corrected chi connectivity index (χ3v) is 5.61. The SMILES string of the molecule is COc1ccc(OC)c(S(=O)(=O)N2CCCCC2C(=O)[O-])c1. The Balaban J connectivity index is 2.51. The van der Waals surface area contributed by atoms with Gasteiger partial charge in [-0.05, 0) is 25.0 Å². The summed E-state index contributed by atoms with van der Waals surface area (Å²) in [5, 5.41) is 11.2. The molecular formula is C14H18NO6S-. The van der Waals surface area contributed by atoms with Gasteiger partial charge in [0.05, 0.1) is 26.2 Å². The fourth-order valence-corrected chi connectivity index (χ4v) is 4.36. The van der Waals surface area contributed by atoms with Crippen LogP contribution < -0.4 is 14.6 Å². The third-order valence-electron chi connectivity index (χ3n) is 3.68. The zero-order valence-corrected chi connectivity index (χ0v) is 13.3. The molecule has 0 aliphatic carbocycles. The molecule has 0 N–H and O–H groups in total. The minimum Gasteiger partial charge on any atom is -0.548 e. The quantitative estimate of drug-likeness (QED) is 0.755. The average Bonchev–Trinajstić information content (AvgIpc) is 2.54. The van der Waals surface area contributed by atoms with E-state index in [2.05, 4.69) is 0 Å². The van der Waals surface area contributed by atoms with Crippen molar-refractivity contribution in [3.63, 3.8) is 0 Å². The molecule has 122 valence electrons. The van der Waals surface area contributed by atoms with Gasteiger partial charge in [0.15, 0.2) is 0 Å². The molecule has 1 aromatic rings. The molecule has 0 saturated carbocycles. The lowest BCUT2D eigenvalue weighted by Gasteiger charge is -2.35.